The Bertz CT molecular complexity index is 451. The number of halogens is 2. The van der Waals surface area contributed by atoms with E-state index in [-0.39, 0.29) is 30.3 Å². The summed E-state index contributed by atoms with van der Waals surface area (Å²) in [7, 11) is 0. The summed E-state index contributed by atoms with van der Waals surface area (Å²) in [5, 5.41) is 5.86. The van der Waals surface area contributed by atoms with Gasteiger partial charge in [0.15, 0.2) is 0 Å². The minimum Gasteiger partial charge on any atom is -0.351 e. The van der Waals surface area contributed by atoms with E-state index in [2.05, 4.69) is 10.6 Å². The highest BCUT2D eigenvalue weighted by molar-refractivity contribution is 6.30. The van der Waals surface area contributed by atoms with Crippen LogP contribution in [-0.2, 0) is 4.79 Å². The van der Waals surface area contributed by atoms with Crippen LogP contribution in [0.25, 0.3) is 0 Å². The van der Waals surface area contributed by atoms with Crippen molar-refractivity contribution in [3.05, 3.63) is 34.9 Å². The second-order valence-corrected chi connectivity index (χ2v) is 4.78. The molecule has 0 aliphatic heterocycles. The van der Waals surface area contributed by atoms with E-state index in [1.165, 1.54) is 0 Å². The smallest absolute Gasteiger partial charge is 0.251 e. The monoisotopic (exact) mass is 319 g/mol. The van der Waals surface area contributed by atoms with Gasteiger partial charge in [-0.3, -0.25) is 9.59 Å². The van der Waals surface area contributed by atoms with E-state index in [4.69, 9.17) is 17.3 Å². The van der Waals surface area contributed by atoms with Crippen LogP contribution >= 0.6 is 24.0 Å². The summed E-state index contributed by atoms with van der Waals surface area (Å²) in [4.78, 5) is 23.6. The Hall–Kier alpha value is -1.30. The molecule has 0 radical (unpaired) electrons. The molecule has 1 aromatic carbocycles. The third-order valence-corrected chi connectivity index (χ3v) is 2.84. The summed E-state index contributed by atoms with van der Waals surface area (Å²) >= 11 is 5.74. The lowest BCUT2D eigenvalue weighted by atomic mass is 10.2. The SMILES string of the molecule is CC(NC(=O)c1ccc(Cl)cc1)C(=O)N[C@@H](C)CN.Cl. The first-order valence-corrected chi connectivity index (χ1v) is 6.38. The maximum atomic E-state index is 11.9. The molecule has 0 saturated heterocycles. The molecule has 2 atom stereocenters. The Morgan fingerprint density at radius 2 is 1.75 bits per heavy atom. The highest BCUT2D eigenvalue weighted by atomic mass is 35.5. The zero-order valence-corrected chi connectivity index (χ0v) is 12.9. The average Bonchev–Trinajstić information content (AvgIpc) is 2.38. The predicted molar refractivity (Wildman–Crippen MR) is 82.3 cm³/mol. The van der Waals surface area contributed by atoms with Crippen molar-refractivity contribution in [3.8, 4) is 0 Å². The highest BCUT2D eigenvalue weighted by Crippen LogP contribution is 2.09. The third kappa shape index (κ3) is 5.77. The molecule has 20 heavy (non-hydrogen) atoms. The summed E-state index contributed by atoms with van der Waals surface area (Å²) in [6, 6.07) is 5.70. The molecule has 2 amide bonds. The lowest BCUT2D eigenvalue weighted by molar-refractivity contribution is -0.123. The van der Waals surface area contributed by atoms with Crippen LogP contribution in [-0.4, -0.2) is 30.4 Å². The number of nitrogens with two attached hydrogens (primary N) is 1. The van der Waals surface area contributed by atoms with Crippen LogP contribution in [0.5, 0.6) is 0 Å². The maximum absolute atomic E-state index is 11.9. The normalized spacial score (nSPS) is 12.8. The maximum Gasteiger partial charge on any atom is 0.251 e. The van der Waals surface area contributed by atoms with E-state index < -0.39 is 6.04 Å². The molecule has 0 aliphatic rings. The molecule has 0 saturated carbocycles. The summed E-state index contributed by atoms with van der Waals surface area (Å²) < 4.78 is 0. The van der Waals surface area contributed by atoms with Gasteiger partial charge >= 0.3 is 0 Å². The van der Waals surface area contributed by atoms with Gasteiger partial charge in [-0.1, -0.05) is 11.6 Å². The fourth-order valence-electron chi connectivity index (χ4n) is 1.37. The van der Waals surface area contributed by atoms with Gasteiger partial charge in [0, 0.05) is 23.2 Å². The van der Waals surface area contributed by atoms with Crippen molar-refractivity contribution in [2.75, 3.05) is 6.54 Å². The zero-order chi connectivity index (χ0) is 14.4. The number of hydrogen-bond donors (Lipinski definition) is 3. The topological polar surface area (TPSA) is 84.2 Å². The lowest BCUT2D eigenvalue weighted by Gasteiger charge is -2.17. The van der Waals surface area contributed by atoms with Crippen LogP contribution in [0.2, 0.25) is 5.02 Å². The van der Waals surface area contributed by atoms with Crippen molar-refractivity contribution in [3.63, 3.8) is 0 Å². The highest BCUT2D eigenvalue weighted by Gasteiger charge is 2.17. The molecule has 0 bridgehead atoms. The quantitative estimate of drug-likeness (QED) is 0.765. The standard InChI is InChI=1S/C13H18ClN3O2.ClH/c1-8(7-15)16-12(18)9(2)17-13(19)10-3-5-11(14)6-4-10;/h3-6,8-9H,7,15H2,1-2H3,(H,16,18)(H,17,19);1H/t8-,9?;/m0./s1. The van der Waals surface area contributed by atoms with Crippen molar-refractivity contribution in [1.82, 2.24) is 10.6 Å². The molecular formula is C13H19Cl2N3O2. The van der Waals surface area contributed by atoms with Crippen LogP contribution in [0, 0.1) is 0 Å². The molecule has 7 heteroatoms. The minimum absolute atomic E-state index is 0. The van der Waals surface area contributed by atoms with Gasteiger partial charge in [-0.15, -0.1) is 12.4 Å². The molecule has 0 aliphatic carbocycles. The van der Waals surface area contributed by atoms with Gasteiger partial charge in [-0.25, -0.2) is 0 Å². The van der Waals surface area contributed by atoms with Gasteiger partial charge in [0.05, 0.1) is 0 Å². The van der Waals surface area contributed by atoms with Crippen LogP contribution in [0.3, 0.4) is 0 Å². The second-order valence-electron chi connectivity index (χ2n) is 4.35. The summed E-state index contributed by atoms with van der Waals surface area (Å²) in [5.41, 5.74) is 5.87. The Morgan fingerprint density at radius 3 is 2.25 bits per heavy atom. The number of amides is 2. The molecule has 1 rings (SSSR count). The summed E-state index contributed by atoms with van der Waals surface area (Å²) in [6.07, 6.45) is 0. The van der Waals surface area contributed by atoms with Crippen LogP contribution < -0.4 is 16.4 Å². The Morgan fingerprint density at radius 1 is 1.20 bits per heavy atom. The predicted octanol–water partition coefficient (Wildman–Crippen LogP) is 1.34. The van der Waals surface area contributed by atoms with Crippen molar-refractivity contribution in [2.45, 2.75) is 25.9 Å². The second kappa shape index (κ2) is 8.79. The Labute approximate surface area is 129 Å². The van der Waals surface area contributed by atoms with Gasteiger partial charge in [0.2, 0.25) is 5.91 Å². The molecule has 0 fully saturated rings. The molecule has 1 unspecified atom stereocenters. The summed E-state index contributed by atoms with van der Waals surface area (Å²) in [6.45, 7) is 3.77. The van der Waals surface area contributed by atoms with Crippen molar-refractivity contribution in [2.24, 2.45) is 5.73 Å². The van der Waals surface area contributed by atoms with E-state index >= 15 is 0 Å². The van der Waals surface area contributed by atoms with Gasteiger partial charge < -0.3 is 16.4 Å². The van der Waals surface area contributed by atoms with Crippen LogP contribution in [0.15, 0.2) is 24.3 Å². The third-order valence-electron chi connectivity index (χ3n) is 2.59. The van der Waals surface area contributed by atoms with E-state index in [1.54, 1.807) is 38.1 Å². The van der Waals surface area contributed by atoms with Crippen molar-refractivity contribution in [1.29, 1.82) is 0 Å². The fourth-order valence-corrected chi connectivity index (χ4v) is 1.50. The van der Waals surface area contributed by atoms with Gasteiger partial charge in [-0.05, 0) is 38.1 Å². The van der Waals surface area contributed by atoms with E-state index in [0.717, 1.165) is 0 Å². The summed E-state index contributed by atoms with van der Waals surface area (Å²) in [5.74, 6) is -0.583. The number of carbonyl (C=O) groups is 2. The molecular weight excluding hydrogens is 301 g/mol. The molecule has 4 N–H and O–H groups in total. The largest absolute Gasteiger partial charge is 0.351 e. The first kappa shape index (κ1) is 18.7. The number of rotatable bonds is 5. The van der Waals surface area contributed by atoms with Crippen LogP contribution in [0.4, 0.5) is 0 Å². The van der Waals surface area contributed by atoms with Crippen molar-refractivity contribution < 1.29 is 9.59 Å². The van der Waals surface area contributed by atoms with E-state index in [1.807, 2.05) is 0 Å². The number of nitrogens with one attached hydrogen (secondary N) is 2. The van der Waals surface area contributed by atoms with E-state index in [0.29, 0.717) is 17.1 Å². The van der Waals surface area contributed by atoms with Gasteiger partial charge in [0.25, 0.3) is 5.91 Å². The van der Waals surface area contributed by atoms with Gasteiger partial charge in [-0.2, -0.15) is 0 Å². The molecule has 5 nitrogen and oxygen atoms in total. The number of carbonyl (C=O) groups excluding carboxylic acids is 2. The fraction of sp³-hybridized carbons (Fsp3) is 0.385. The lowest BCUT2D eigenvalue weighted by Crippen LogP contribution is -2.49. The first-order valence-electron chi connectivity index (χ1n) is 6.01. The Kier molecular flexibility index (Phi) is 8.22. The number of benzene rings is 1. The molecule has 0 aromatic heterocycles. The van der Waals surface area contributed by atoms with Gasteiger partial charge in [0.1, 0.15) is 6.04 Å². The first-order chi connectivity index (χ1) is 8.93. The Balaban J connectivity index is 0.00000361. The van der Waals surface area contributed by atoms with E-state index in [9.17, 15) is 9.59 Å². The number of hydrogen-bond acceptors (Lipinski definition) is 3. The average molecular weight is 320 g/mol. The van der Waals surface area contributed by atoms with Crippen molar-refractivity contribution >= 4 is 35.8 Å². The minimum atomic E-state index is -0.628. The zero-order valence-electron chi connectivity index (χ0n) is 11.4. The molecule has 0 heterocycles. The molecule has 112 valence electrons. The van der Waals surface area contributed by atoms with Crippen LogP contribution in [0.1, 0.15) is 24.2 Å². The molecule has 1 aromatic rings. The molecule has 0 spiro atoms.